The minimum absolute atomic E-state index is 0.417. The Morgan fingerprint density at radius 1 is 0.964 bits per heavy atom. The van der Waals surface area contributed by atoms with Crippen molar-refractivity contribution < 1.29 is 0 Å². The Labute approximate surface area is 176 Å². The lowest BCUT2D eigenvalue weighted by Crippen LogP contribution is -2.32. The summed E-state index contributed by atoms with van der Waals surface area (Å²) in [5, 5.41) is 15.4. The molecular weight excluding hydrogens is 390 g/mol. The molecule has 2 rings (SSSR count). The molecule has 148 valence electrons. The van der Waals surface area contributed by atoms with Gasteiger partial charge in [0, 0.05) is 38.1 Å². The summed E-state index contributed by atoms with van der Waals surface area (Å²) in [6, 6.07) is 12.3. The van der Waals surface area contributed by atoms with Crippen molar-refractivity contribution in [3.63, 3.8) is 0 Å². The highest BCUT2D eigenvalue weighted by Gasteiger charge is 2.18. The summed E-state index contributed by atoms with van der Waals surface area (Å²) in [5.41, 5.74) is 11.2. The van der Waals surface area contributed by atoms with Crippen molar-refractivity contribution in [2.45, 2.75) is 13.8 Å². The molecule has 9 heteroatoms. The molecule has 4 N–H and O–H groups in total. The van der Waals surface area contributed by atoms with Crippen molar-refractivity contribution >= 4 is 46.1 Å². The molecule has 1 heterocycles. The SMILES string of the molecule is CNC(=S)N/N=C(C)/C(=N/NC(=S)NC)c1cc(-c2ccccc2)n(C)c1C. The van der Waals surface area contributed by atoms with Crippen LogP contribution < -0.4 is 21.5 Å². The van der Waals surface area contributed by atoms with Gasteiger partial charge in [-0.2, -0.15) is 10.2 Å². The molecule has 0 amide bonds. The topological polar surface area (TPSA) is 77.8 Å². The van der Waals surface area contributed by atoms with Crippen molar-refractivity contribution in [1.82, 2.24) is 26.1 Å². The van der Waals surface area contributed by atoms with Gasteiger partial charge in [-0.25, -0.2) is 0 Å². The fourth-order valence-corrected chi connectivity index (χ4v) is 2.66. The zero-order valence-electron chi connectivity index (χ0n) is 16.6. The van der Waals surface area contributed by atoms with E-state index in [0.29, 0.717) is 21.6 Å². The fraction of sp³-hybridized carbons (Fsp3) is 0.263. The van der Waals surface area contributed by atoms with E-state index in [9.17, 15) is 0 Å². The Bertz CT molecular complexity index is 914. The van der Waals surface area contributed by atoms with Gasteiger partial charge in [0.05, 0.1) is 5.71 Å². The Morgan fingerprint density at radius 3 is 2.11 bits per heavy atom. The number of benzene rings is 1. The molecule has 0 spiro atoms. The molecule has 0 atom stereocenters. The van der Waals surface area contributed by atoms with Crippen molar-refractivity contribution in [1.29, 1.82) is 0 Å². The molecule has 1 aromatic heterocycles. The molecule has 0 unspecified atom stereocenters. The van der Waals surface area contributed by atoms with E-state index in [0.717, 1.165) is 22.5 Å². The molecule has 0 radical (unpaired) electrons. The van der Waals surface area contributed by atoms with E-state index in [1.165, 1.54) is 0 Å². The minimum atomic E-state index is 0.417. The standard InChI is InChI=1S/C19H25N7S2/c1-12(22-24-18(27)20-3)17(23-25-19(28)21-4)15-11-16(26(5)13(15)2)14-9-7-6-8-10-14/h6-11H,1-5H3,(H2,20,24,27)(H2,21,25,28)/b22-12+,23-17-. The summed E-state index contributed by atoms with van der Waals surface area (Å²) in [6.45, 7) is 3.91. The van der Waals surface area contributed by atoms with Crippen molar-refractivity contribution in [2.24, 2.45) is 17.3 Å². The second-order valence-corrected chi connectivity index (χ2v) is 6.81. The van der Waals surface area contributed by atoms with Gasteiger partial charge in [-0.15, -0.1) is 0 Å². The first-order valence-electron chi connectivity index (χ1n) is 8.69. The van der Waals surface area contributed by atoms with Gasteiger partial charge < -0.3 is 15.2 Å². The summed E-state index contributed by atoms with van der Waals surface area (Å²) >= 11 is 10.3. The van der Waals surface area contributed by atoms with Crippen LogP contribution >= 0.6 is 24.4 Å². The first-order valence-corrected chi connectivity index (χ1v) is 9.50. The predicted octanol–water partition coefficient (Wildman–Crippen LogP) is 2.27. The number of hydrogen-bond acceptors (Lipinski definition) is 4. The Morgan fingerprint density at radius 2 is 1.54 bits per heavy atom. The third-order valence-electron chi connectivity index (χ3n) is 4.25. The molecule has 0 saturated carbocycles. The molecular formula is C19H25N7S2. The van der Waals surface area contributed by atoms with Gasteiger partial charge >= 0.3 is 0 Å². The third-order valence-corrected chi connectivity index (χ3v) is 4.84. The fourth-order valence-electron chi connectivity index (χ4n) is 2.57. The Balaban J connectivity index is 2.51. The van der Waals surface area contributed by atoms with Crippen LogP contribution in [0.4, 0.5) is 0 Å². The highest BCUT2D eigenvalue weighted by atomic mass is 32.1. The molecule has 1 aromatic carbocycles. The van der Waals surface area contributed by atoms with Crippen LogP contribution in [-0.2, 0) is 7.05 Å². The van der Waals surface area contributed by atoms with E-state index < -0.39 is 0 Å². The number of nitrogens with zero attached hydrogens (tertiary/aromatic N) is 3. The number of aromatic nitrogens is 1. The van der Waals surface area contributed by atoms with E-state index >= 15 is 0 Å². The number of rotatable bonds is 5. The number of hydrazone groups is 2. The molecule has 0 bridgehead atoms. The lowest BCUT2D eigenvalue weighted by molar-refractivity contribution is 0.889. The molecule has 7 nitrogen and oxygen atoms in total. The Hall–Kier alpha value is -2.78. The number of nitrogens with one attached hydrogen (secondary N) is 4. The molecule has 2 aromatic rings. The van der Waals surface area contributed by atoms with Gasteiger partial charge in [0.15, 0.2) is 10.2 Å². The summed E-state index contributed by atoms with van der Waals surface area (Å²) in [5.74, 6) is 0. The molecule has 0 aliphatic heterocycles. The number of hydrogen-bond donors (Lipinski definition) is 4. The monoisotopic (exact) mass is 415 g/mol. The van der Waals surface area contributed by atoms with Crippen molar-refractivity contribution in [3.05, 3.63) is 47.7 Å². The van der Waals surface area contributed by atoms with E-state index in [1.54, 1.807) is 14.1 Å². The van der Waals surface area contributed by atoms with E-state index in [2.05, 4.69) is 54.5 Å². The molecule has 28 heavy (non-hydrogen) atoms. The van der Waals surface area contributed by atoms with Crippen molar-refractivity contribution in [2.75, 3.05) is 14.1 Å². The van der Waals surface area contributed by atoms with Gasteiger partial charge in [-0.1, -0.05) is 30.3 Å². The summed E-state index contributed by atoms with van der Waals surface area (Å²) in [6.07, 6.45) is 0. The van der Waals surface area contributed by atoms with Crippen LogP contribution in [0.3, 0.4) is 0 Å². The molecule has 0 aliphatic carbocycles. The molecule has 0 fully saturated rings. The lowest BCUT2D eigenvalue weighted by atomic mass is 10.1. The van der Waals surface area contributed by atoms with Crippen LogP contribution in [-0.4, -0.2) is 40.3 Å². The number of thiocarbonyl (C=S) groups is 2. The summed E-state index contributed by atoms with van der Waals surface area (Å²) in [4.78, 5) is 0. The van der Waals surface area contributed by atoms with Crippen LogP contribution in [0.25, 0.3) is 11.3 Å². The van der Waals surface area contributed by atoms with Gasteiger partial charge in [-0.3, -0.25) is 10.9 Å². The van der Waals surface area contributed by atoms with Crippen LogP contribution in [0.2, 0.25) is 0 Å². The predicted molar refractivity (Wildman–Crippen MR) is 125 cm³/mol. The maximum atomic E-state index is 5.15. The van der Waals surface area contributed by atoms with Gasteiger partial charge in [0.1, 0.15) is 5.71 Å². The first-order chi connectivity index (χ1) is 13.4. The normalized spacial score (nSPS) is 11.8. The van der Waals surface area contributed by atoms with Crippen LogP contribution in [0.5, 0.6) is 0 Å². The average molecular weight is 416 g/mol. The lowest BCUT2D eigenvalue weighted by Gasteiger charge is -2.09. The second-order valence-electron chi connectivity index (χ2n) is 5.99. The maximum Gasteiger partial charge on any atom is 0.186 e. The van der Waals surface area contributed by atoms with Crippen LogP contribution in [0, 0.1) is 6.92 Å². The minimum Gasteiger partial charge on any atom is -0.364 e. The molecule has 0 aliphatic rings. The third kappa shape index (κ3) is 5.14. The first kappa shape index (κ1) is 21.5. The van der Waals surface area contributed by atoms with Gasteiger partial charge in [0.2, 0.25) is 0 Å². The Kier molecular flexibility index (Phi) is 7.65. The summed E-state index contributed by atoms with van der Waals surface area (Å²) in [7, 11) is 5.50. The van der Waals surface area contributed by atoms with Gasteiger partial charge in [-0.05, 0) is 49.9 Å². The van der Waals surface area contributed by atoms with Crippen LogP contribution in [0.1, 0.15) is 18.2 Å². The van der Waals surface area contributed by atoms with Crippen molar-refractivity contribution in [3.8, 4) is 11.3 Å². The van der Waals surface area contributed by atoms with Crippen LogP contribution in [0.15, 0.2) is 46.6 Å². The zero-order valence-corrected chi connectivity index (χ0v) is 18.3. The van der Waals surface area contributed by atoms with Gasteiger partial charge in [0.25, 0.3) is 0 Å². The average Bonchev–Trinajstić information content (AvgIpc) is 3.01. The van der Waals surface area contributed by atoms with E-state index in [4.69, 9.17) is 24.4 Å². The maximum absolute atomic E-state index is 5.15. The summed E-state index contributed by atoms with van der Waals surface area (Å²) < 4.78 is 2.13. The largest absolute Gasteiger partial charge is 0.364 e. The quantitative estimate of drug-likeness (QED) is 0.341. The second kappa shape index (κ2) is 9.95. The highest BCUT2D eigenvalue weighted by molar-refractivity contribution is 7.80. The highest BCUT2D eigenvalue weighted by Crippen LogP contribution is 2.25. The van der Waals surface area contributed by atoms with E-state index in [-0.39, 0.29) is 0 Å². The van der Waals surface area contributed by atoms with E-state index in [1.807, 2.05) is 39.1 Å². The molecule has 0 saturated heterocycles. The zero-order chi connectivity index (χ0) is 20.7. The smallest absolute Gasteiger partial charge is 0.186 e.